The Bertz CT molecular complexity index is 969. The minimum absolute atomic E-state index is 0.0566. The average molecular weight is 355 g/mol. The Morgan fingerprint density at radius 3 is 2.65 bits per heavy atom. The van der Waals surface area contributed by atoms with Gasteiger partial charge in [-0.05, 0) is 31.2 Å². The normalized spacial score (nSPS) is 17.1. The zero-order chi connectivity index (χ0) is 18.3. The predicted octanol–water partition coefficient (Wildman–Crippen LogP) is 3.84. The van der Waals surface area contributed by atoms with Gasteiger partial charge < -0.3 is 9.42 Å². The third-order valence-corrected chi connectivity index (χ3v) is 4.43. The lowest BCUT2D eigenvalue weighted by molar-refractivity contribution is -0.117. The molecule has 2 heterocycles. The first-order valence-electron chi connectivity index (χ1n) is 8.17. The first kappa shape index (κ1) is 16.4. The van der Waals surface area contributed by atoms with Gasteiger partial charge in [-0.2, -0.15) is 4.98 Å². The van der Waals surface area contributed by atoms with Crippen LogP contribution in [0.2, 0.25) is 0 Å². The van der Waals surface area contributed by atoms with E-state index in [0.29, 0.717) is 11.7 Å². The van der Waals surface area contributed by atoms with Gasteiger partial charge in [-0.25, -0.2) is 8.78 Å². The summed E-state index contributed by atoms with van der Waals surface area (Å²) in [5, 5.41) is 3.98. The van der Waals surface area contributed by atoms with Gasteiger partial charge in [-0.3, -0.25) is 4.79 Å². The van der Waals surface area contributed by atoms with Gasteiger partial charge in [0.2, 0.25) is 5.91 Å². The molecule has 0 spiro atoms. The molecule has 4 rings (SSSR count). The molecule has 0 N–H and O–H groups in total. The summed E-state index contributed by atoms with van der Waals surface area (Å²) in [5.74, 6) is -1.25. The molecule has 0 bridgehead atoms. The van der Waals surface area contributed by atoms with Crippen molar-refractivity contribution in [2.45, 2.75) is 19.3 Å². The van der Waals surface area contributed by atoms with Crippen molar-refractivity contribution in [2.75, 3.05) is 11.4 Å². The highest BCUT2D eigenvalue weighted by molar-refractivity contribution is 5.96. The highest BCUT2D eigenvalue weighted by atomic mass is 19.1. The van der Waals surface area contributed by atoms with E-state index >= 15 is 0 Å². The maximum absolute atomic E-state index is 14.0. The Morgan fingerprint density at radius 2 is 1.92 bits per heavy atom. The van der Waals surface area contributed by atoms with Gasteiger partial charge in [0.15, 0.2) is 5.82 Å². The molecule has 1 aromatic heterocycles. The predicted molar refractivity (Wildman–Crippen MR) is 90.5 cm³/mol. The molecule has 1 atom stereocenters. The second-order valence-electron chi connectivity index (χ2n) is 6.32. The number of rotatable bonds is 3. The zero-order valence-electron chi connectivity index (χ0n) is 13.9. The molecule has 1 aliphatic rings. The van der Waals surface area contributed by atoms with Crippen molar-refractivity contribution in [3.05, 3.63) is 65.5 Å². The molecule has 1 fully saturated rings. The van der Waals surface area contributed by atoms with Crippen molar-refractivity contribution in [3.8, 4) is 11.5 Å². The lowest BCUT2D eigenvalue weighted by atomic mass is 10.1. The summed E-state index contributed by atoms with van der Waals surface area (Å²) in [4.78, 5) is 18.0. The Balaban J connectivity index is 1.56. The molecule has 1 saturated heterocycles. The van der Waals surface area contributed by atoms with E-state index in [0.717, 1.165) is 23.3 Å². The third kappa shape index (κ3) is 2.96. The van der Waals surface area contributed by atoms with Crippen molar-refractivity contribution in [1.82, 2.24) is 10.1 Å². The summed E-state index contributed by atoms with van der Waals surface area (Å²) >= 11 is 0. The van der Waals surface area contributed by atoms with Crippen LogP contribution in [0.1, 0.15) is 23.7 Å². The largest absolute Gasteiger partial charge is 0.334 e. The van der Waals surface area contributed by atoms with E-state index in [1.165, 1.54) is 11.0 Å². The van der Waals surface area contributed by atoms with E-state index in [1.807, 2.05) is 31.2 Å². The number of halogens is 2. The smallest absolute Gasteiger partial charge is 0.257 e. The monoisotopic (exact) mass is 355 g/mol. The van der Waals surface area contributed by atoms with Crippen LogP contribution in [0.25, 0.3) is 11.5 Å². The molecule has 132 valence electrons. The molecular weight excluding hydrogens is 340 g/mol. The van der Waals surface area contributed by atoms with Crippen LogP contribution < -0.4 is 4.90 Å². The van der Waals surface area contributed by atoms with Gasteiger partial charge in [0.25, 0.3) is 5.89 Å². The second-order valence-corrected chi connectivity index (χ2v) is 6.32. The van der Waals surface area contributed by atoms with Crippen LogP contribution >= 0.6 is 0 Å². The fourth-order valence-electron chi connectivity index (χ4n) is 3.03. The quantitative estimate of drug-likeness (QED) is 0.716. The highest BCUT2D eigenvalue weighted by Crippen LogP contribution is 2.33. The fraction of sp³-hybridized carbons (Fsp3) is 0.211. The van der Waals surface area contributed by atoms with E-state index in [1.54, 1.807) is 0 Å². The summed E-state index contributed by atoms with van der Waals surface area (Å²) in [6.45, 7) is 2.20. The van der Waals surface area contributed by atoms with Crippen LogP contribution in [0.4, 0.5) is 14.5 Å². The summed E-state index contributed by atoms with van der Waals surface area (Å²) in [6.07, 6.45) is 0.143. The van der Waals surface area contributed by atoms with E-state index in [-0.39, 0.29) is 30.5 Å². The Hall–Kier alpha value is -3.09. The summed E-state index contributed by atoms with van der Waals surface area (Å²) in [5.41, 5.74) is 1.97. The van der Waals surface area contributed by atoms with Crippen LogP contribution in [-0.4, -0.2) is 22.6 Å². The molecule has 5 nitrogen and oxygen atoms in total. The first-order chi connectivity index (χ1) is 12.5. The third-order valence-electron chi connectivity index (χ3n) is 4.43. The first-order valence-corrected chi connectivity index (χ1v) is 8.17. The molecule has 0 aliphatic carbocycles. The fourth-order valence-corrected chi connectivity index (χ4v) is 3.03. The van der Waals surface area contributed by atoms with E-state index in [4.69, 9.17) is 4.52 Å². The Morgan fingerprint density at radius 1 is 1.15 bits per heavy atom. The highest BCUT2D eigenvalue weighted by Gasteiger charge is 2.35. The molecule has 26 heavy (non-hydrogen) atoms. The number of amides is 1. The summed E-state index contributed by atoms with van der Waals surface area (Å²) < 4.78 is 32.4. The topological polar surface area (TPSA) is 59.2 Å². The number of hydrogen-bond acceptors (Lipinski definition) is 4. The van der Waals surface area contributed by atoms with E-state index in [2.05, 4.69) is 10.1 Å². The number of carbonyl (C=O) groups excluding carboxylic acids is 1. The summed E-state index contributed by atoms with van der Waals surface area (Å²) in [6, 6.07) is 10.8. The number of nitrogens with zero attached hydrogens (tertiary/aromatic N) is 3. The van der Waals surface area contributed by atoms with Crippen molar-refractivity contribution in [1.29, 1.82) is 0 Å². The molecule has 3 aromatic rings. The molecular formula is C19H15F2N3O2. The van der Waals surface area contributed by atoms with Crippen LogP contribution in [-0.2, 0) is 4.79 Å². The second kappa shape index (κ2) is 6.33. The Labute approximate surface area is 148 Å². The average Bonchev–Trinajstić information content (AvgIpc) is 3.23. The standard InChI is InChI=1S/C19H15F2N3O2/c1-11-2-4-12(5-3-11)19-22-18(23-26-19)13-8-17(25)24(10-13)16-7-6-14(20)9-15(16)21/h2-7,9,13H,8,10H2,1H3. The van der Waals surface area contributed by atoms with E-state index in [9.17, 15) is 13.6 Å². The number of benzene rings is 2. The lowest BCUT2D eigenvalue weighted by Crippen LogP contribution is -2.25. The molecule has 7 heteroatoms. The molecule has 0 saturated carbocycles. The van der Waals surface area contributed by atoms with Crippen molar-refractivity contribution < 1.29 is 18.1 Å². The van der Waals surface area contributed by atoms with Crippen LogP contribution in [0.5, 0.6) is 0 Å². The number of carbonyl (C=O) groups is 1. The maximum Gasteiger partial charge on any atom is 0.257 e. The molecule has 2 aromatic carbocycles. The molecule has 1 aliphatic heterocycles. The molecule has 0 radical (unpaired) electrons. The minimum Gasteiger partial charge on any atom is -0.334 e. The minimum atomic E-state index is -0.771. The molecule has 1 amide bonds. The molecule has 1 unspecified atom stereocenters. The summed E-state index contributed by atoms with van der Waals surface area (Å²) in [7, 11) is 0. The van der Waals surface area contributed by atoms with Gasteiger partial charge in [-0.1, -0.05) is 22.9 Å². The lowest BCUT2D eigenvalue weighted by Gasteiger charge is -2.16. The number of anilines is 1. The van der Waals surface area contributed by atoms with Gasteiger partial charge in [0.1, 0.15) is 11.6 Å². The number of hydrogen-bond donors (Lipinski definition) is 0. The number of aryl methyl sites for hydroxylation is 1. The van der Waals surface area contributed by atoms with Gasteiger partial charge in [0.05, 0.1) is 5.69 Å². The zero-order valence-corrected chi connectivity index (χ0v) is 13.9. The van der Waals surface area contributed by atoms with Crippen molar-refractivity contribution in [3.63, 3.8) is 0 Å². The van der Waals surface area contributed by atoms with E-state index < -0.39 is 11.6 Å². The van der Waals surface area contributed by atoms with Crippen LogP contribution in [0, 0.1) is 18.6 Å². The van der Waals surface area contributed by atoms with Crippen LogP contribution in [0.3, 0.4) is 0 Å². The number of aromatic nitrogens is 2. The SMILES string of the molecule is Cc1ccc(-c2nc(C3CC(=O)N(c4ccc(F)cc4F)C3)no2)cc1. The van der Waals surface area contributed by atoms with Crippen molar-refractivity contribution >= 4 is 11.6 Å². The van der Waals surface area contributed by atoms with Gasteiger partial charge in [0, 0.05) is 30.5 Å². The maximum atomic E-state index is 14.0. The van der Waals surface area contributed by atoms with Gasteiger partial charge in [-0.15, -0.1) is 0 Å². The van der Waals surface area contributed by atoms with Gasteiger partial charge >= 0.3 is 0 Å². The Kier molecular flexibility index (Phi) is 3.99. The van der Waals surface area contributed by atoms with Crippen molar-refractivity contribution in [2.24, 2.45) is 0 Å². The van der Waals surface area contributed by atoms with Crippen LogP contribution in [0.15, 0.2) is 47.0 Å².